The Morgan fingerprint density at radius 2 is 2.06 bits per heavy atom. The first-order valence-electron chi connectivity index (χ1n) is 5.13. The maximum Gasteiger partial charge on any atom is 0.207 e. The Kier molecular flexibility index (Phi) is 2.01. The Bertz CT molecular complexity index is 670. The van der Waals surface area contributed by atoms with E-state index in [-0.39, 0.29) is 0 Å². The fraction of sp³-hybridized carbons (Fsp3) is 0.0909. The maximum absolute atomic E-state index is 5.73. The van der Waals surface area contributed by atoms with E-state index in [9.17, 15) is 0 Å². The predicted octanol–water partition coefficient (Wildman–Crippen LogP) is 1.08. The van der Waals surface area contributed by atoms with E-state index in [1.807, 2.05) is 19.1 Å². The van der Waals surface area contributed by atoms with Gasteiger partial charge in [-0.15, -0.1) is 10.2 Å². The SMILES string of the molecule is Cc1ccc(-c2cnc(N)n3cnnc23)cn1. The van der Waals surface area contributed by atoms with Crippen LogP contribution in [0.4, 0.5) is 5.95 Å². The molecule has 0 saturated heterocycles. The van der Waals surface area contributed by atoms with Gasteiger partial charge in [-0.2, -0.15) is 0 Å². The van der Waals surface area contributed by atoms with Gasteiger partial charge in [0.2, 0.25) is 5.95 Å². The van der Waals surface area contributed by atoms with Gasteiger partial charge in [-0.1, -0.05) is 6.07 Å². The van der Waals surface area contributed by atoms with Crippen LogP contribution in [0.1, 0.15) is 5.69 Å². The van der Waals surface area contributed by atoms with Crippen LogP contribution in [0.5, 0.6) is 0 Å². The van der Waals surface area contributed by atoms with Crippen molar-refractivity contribution < 1.29 is 0 Å². The van der Waals surface area contributed by atoms with E-state index in [0.717, 1.165) is 16.8 Å². The van der Waals surface area contributed by atoms with Crippen LogP contribution in [0.25, 0.3) is 16.8 Å². The molecule has 0 aliphatic rings. The van der Waals surface area contributed by atoms with Gasteiger partial charge < -0.3 is 5.73 Å². The lowest BCUT2D eigenvalue weighted by molar-refractivity contribution is 1.08. The Morgan fingerprint density at radius 1 is 1.18 bits per heavy atom. The zero-order valence-corrected chi connectivity index (χ0v) is 9.20. The fourth-order valence-electron chi connectivity index (χ4n) is 1.67. The van der Waals surface area contributed by atoms with Gasteiger partial charge in [-0.3, -0.25) is 9.38 Å². The molecule has 84 valence electrons. The Labute approximate surface area is 97.2 Å². The van der Waals surface area contributed by atoms with Gasteiger partial charge in [0, 0.05) is 29.2 Å². The highest BCUT2D eigenvalue weighted by molar-refractivity contribution is 5.76. The molecule has 3 aromatic heterocycles. The molecular formula is C11H10N6. The molecule has 0 radical (unpaired) electrons. The lowest BCUT2D eigenvalue weighted by atomic mass is 10.1. The summed E-state index contributed by atoms with van der Waals surface area (Å²) in [4.78, 5) is 8.36. The first-order chi connectivity index (χ1) is 8.25. The second-order valence-corrected chi connectivity index (χ2v) is 3.74. The predicted molar refractivity (Wildman–Crippen MR) is 63.2 cm³/mol. The number of rotatable bonds is 1. The third-order valence-corrected chi connectivity index (χ3v) is 2.58. The smallest absolute Gasteiger partial charge is 0.207 e. The number of hydrogen-bond donors (Lipinski definition) is 1. The quantitative estimate of drug-likeness (QED) is 0.671. The van der Waals surface area contributed by atoms with Crippen LogP contribution in [-0.4, -0.2) is 24.6 Å². The average molecular weight is 226 g/mol. The molecule has 0 fully saturated rings. The van der Waals surface area contributed by atoms with Gasteiger partial charge >= 0.3 is 0 Å². The molecule has 0 amide bonds. The molecule has 3 aromatic rings. The summed E-state index contributed by atoms with van der Waals surface area (Å²) in [7, 11) is 0. The second-order valence-electron chi connectivity index (χ2n) is 3.74. The topological polar surface area (TPSA) is 82.0 Å². The van der Waals surface area contributed by atoms with Gasteiger partial charge in [0.05, 0.1) is 0 Å². The number of anilines is 1. The van der Waals surface area contributed by atoms with Crippen LogP contribution in [0.3, 0.4) is 0 Å². The Balaban J connectivity index is 2.27. The number of aromatic nitrogens is 5. The zero-order valence-electron chi connectivity index (χ0n) is 9.20. The number of hydrogen-bond acceptors (Lipinski definition) is 5. The van der Waals surface area contributed by atoms with Crippen LogP contribution in [0.2, 0.25) is 0 Å². The van der Waals surface area contributed by atoms with Crippen molar-refractivity contribution >= 4 is 11.6 Å². The molecule has 3 rings (SSSR count). The normalized spacial score (nSPS) is 10.9. The third-order valence-electron chi connectivity index (χ3n) is 2.58. The monoisotopic (exact) mass is 226 g/mol. The molecule has 2 N–H and O–H groups in total. The summed E-state index contributed by atoms with van der Waals surface area (Å²) < 4.78 is 1.65. The van der Waals surface area contributed by atoms with Crippen LogP contribution in [0, 0.1) is 6.92 Å². The molecular weight excluding hydrogens is 216 g/mol. The molecule has 17 heavy (non-hydrogen) atoms. The van der Waals surface area contributed by atoms with Crippen LogP contribution in [0.15, 0.2) is 30.9 Å². The van der Waals surface area contributed by atoms with Crippen molar-refractivity contribution in [3.8, 4) is 11.1 Å². The summed E-state index contributed by atoms with van der Waals surface area (Å²) in [5.41, 5.74) is 9.19. The number of nitrogen functional groups attached to an aromatic ring is 1. The lowest BCUT2D eigenvalue weighted by Crippen LogP contribution is -2.00. The minimum atomic E-state index is 0.369. The largest absolute Gasteiger partial charge is 0.369 e. The van der Waals surface area contributed by atoms with Crippen molar-refractivity contribution in [3.05, 3.63) is 36.5 Å². The minimum absolute atomic E-state index is 0.369. The Morgan fingerprint density at radius 3 is 2.82 bits per heavy atom. The van der Waals surface area contributed by atoms with Gasteiger partial charge in [0.1, 0.15) is 6.33 Å². The molecule has 0 aliphatic heterocycles. The highest BCUT2D eigenvalue weighted by Crippen LogP contribution is 2.22. The molecule has 0 spiro atoms. The number of nitrogens with two attached hydrogens (primary N) is 1. The number of fused-ring (bicyclic) bond motifs is 1. The van der Waals surface area contributed by atoms with Crippen molar-refractivity contribution in [2.24, 2.45) is 0 Å². The summed E-state index contributed by atoms with van der Waals surface area (Å²) in [6.07, 6.45) is 5.02. The van der Waals surface area contributed by atoms with E-state index >= 15 is 0 Å². The van der Waals surface area contributed by atoms with E-state index in [1.54, 1.807) is 23.1 Å². The summed E-state index contributed by atoms with van der Waals surface area (Å²) in [5, 5.41) is 7.88. The maximum atomic E-state index is 5.73. The van der Waals surface area contributed by atoms with Crippen LogP contribution in [-0.2, 0) is 0 Å². The molecule has 6 nitrogen and oxygen atoms in total. The average Bonchev–Trinajstić information content (AvgIpc) is 2.81. The fourth-order valence-corrected chi connectivity index (χ4v) is 1.67. The van der Waals surface area contributed by atoms with Crippen molar-refractivity contribution in [2.45, 2.75) is 6.92 Å². The minimum Gasteiger partial charge on any atom is -0.369 e. The van der Waals surface area contributed by atoms with E-state index in [1.165, 1.54) is 0 Å². The Hall–Kier alpha value is -2.50. The molecule has 0 saturated carbocycles. The molecule has 0 unspecified atom stereocenters. The van der Waals surface area contributed by atoms with Crippen molar-refractivity contribution in [3.63, 3.8) is 0 Å². The summed E-state index contributed by atoms with van der Waals surface area (Å²) in [6.45, 7) is 1.94. The molecule has 3 heterocycles. The van der Waals surface area contributed by atoms with Crippen LogP contribution < -0.4 is 5.73 Å². The first kappa shape index (κ1) is 9.71. The van der Waals surface area contributed by atoms with Gasteiger partial charge in [-0.05, 0) is 13.0 Å². The molecule has 0 aromatic carbocycles. The van der Waals surface area contributed by atoms with E-state index in [2.05, 4.69) is 20.2 Å². The highest BCUT2D eigenvalue weighted by atomic mass is 15.3. The standard InChI is InChI=1S/C11H10N6/c1-7-2-3-8(4-13-7)9-5-14-11(12)17-6-15-16-10(9)17/h2-6H,1H3,(H2,12,14). The van der Waals surface area contributed by atoms with Gasteiger partial charge in [0.15, 0.2) is 5.65 Å². The van der Waals surface area contributed by atoms with E-state index in [0.29, 0.717) is 11.6 Å². The third kappa shape index (κ3) is 1.50. The van der Waals surface area contributed by atoms with Crippen LogP contribution >= 0.6 is 0 Å². The van der Waals surface area contributed by atoms with Gasteiger partial charge in [0.25, 0.3) is 0 Å². The molecule has 6 heteroatoms. The van der Waals surface area contributed by atoms with Crippen molar-refractivity contribution in [2.75, 3.05) is 5.73 Å². The number of aryl methyl sites for hydroxylation is 1. The summed E-state index contributed by atoms with van der Waals surface area (Å²) in [5.74, 6) is 0.369. The molecule has 0 atom stereocenters. The summed E-state index contributed by atoms with van der Waals surface area (Å²) in [6, 6.07) is 3.92. The van der Waals surface area contributed by atoms with Crippen molar-refractivity contribution in [1.82, 2.24) is 24.6 Å². The number of pyridine rings is 1. The molecule has 0 bridgehead atoms. The first-order valence-corrected chi connectivity index (χ1v) is 5.13. The van der Waals surface area contributed by atoms with Gasteiger partial charge in [-0.25, -0.2) is 4.98 Å². The second kappa shape index (κ2) is 3.51. The van der Waals surface area contributed by atoms with E-state index < -0.39 is 0 Å². The van der Waals surface area contributed by atoms with Crippen molar-refractivity contribution in [1.29, 1.82) is 0 Å². The zero-order chi connectivity index (χ0) is 11.8. The number of nitrogens with zero attached hydrogens (tertiary/aromatic N) is 5. The lowest BCUT2D eigenvalue weighted by Gasteiger charge is -2.04. The highest BCUT2D eigenvalue weighted by Gasteiger charge is 2.09. The summed E-state index contributed by atoms with van der Waals surface area (Å²) >= 11 is 0. The molecule has 0 aliphatic carbocycles. The van der Waals surface area contributed by atoms with E-state index in [4.69, 9.17) is 5.73 Å².